The molecule has 0 aliphatic rings. The second-order valence-corrected chi connectivity index (χ2v) is 5.74. The van der Waals surface area contributed by atoms with Crippen LogP contribution in [0.5, 0.6) is 0 Å². The number of halogens is 1. The number of nitrogens with one attached hydrogen (secondary N) is 1. The lowest BCUT2D eigenvalue weighted by Gasteiger charge is -2.18. The predicted molar refractivity (Wildman–Crippen MR) is 91.0 cm³/mol. The van der Waals surface area contributed by atoms with E-state index in [1.807, 2.05) is 20.0 Å². The van der Waals surface area contributed by atoms with Gasteiger partial charge in [-0.25, -0.2) is 0 Å². The first kappa shape index (κ1) is 14.1. The molecule has 106 valence electrons. The molecular formula is C19H18ClN. The predicted octanol–water partition coefficient (Wildman–Crippen LogP) is 5.11. The first-order valence-electron chi connectivity index (χ1n) is 7.11. The fourth-order valence-corrected chi connectivity index (χ4v) is 2.89. The molecule has 1 atom stereocenters. The minimum Gasteiger partial charge on any atom is -0.309 e. The molecule has 1 unspecified atom stereocenters. The molecule has 0 spiro atoms. The Hall–Kier alpha value is -1.83. The summed E-state index contributed by atoms with van der Waals surface area (Å²) in [5, 5.41) is 6.72. The summed E-state index contributed by atoms with van der Waals surface area (Å²) in [5.41, 5.74) is 3.54. The second kappa shape index (κ2) is 5.88. The van der Waals surface area contributed by atoms with E-state index in [0.717, 1.165) is 10.6 Å². The van der Waals surface area contributed by atoms with Crippen LogP contribution in [0.15, 0.2) is 60.7 Å². The minimum absolute atomic E-state index is 0.146. The van der Waals surface area contributed by atoms with Crippen LogP contribution in [0.4, 0.5) is 0 Å². The summed E-state index contributed by atoms with van der Waals surface area (Å²) in [5.74, 6) is 0. The second-order valence-electron chi connectivity index (χ2n) is 5.34. The van der Waals surface area contributed by atoms with E-state index in [1.54, 1.807) is 0 Å². The maximum absolute atomic E-state index is 6.27. The van der Waals surface area contributed by atoms with Gasteiger partial charge < -0.3 is 5.32 Å². The molecule has 2 heteroatoms. The molecule has 0 radical (unpaired) electrons. The van der Waals surface area contributed by atoms with Gasteiger partial charge in [-0.05, 0) is 53.6 Å². The highest BCUT2D eigenvalue weighted by molar-refractivity contribution is 6.31. The van der Waals surface area contributed by atoms with Crippen molar-refractivity contribution in [1.29, 1.82) is 0 Å². The van der Waals surface area contributed by atoms with E-state index in [4.69, 9.17) is 11.6 Å². The number of aryl methyl sites for hydroxylation is 1. The average molecular weight is 296 g/mol. The van der Waals surface area contributed by atoms with Gasteiger partial charge in [0.1, 0.15) is 0 Å². The molecule has 1 nitrogen and oxygen atoms in total. The van der Waals surface area contributed by atoms with E-state index >= 15 is 0 Å². The first-order chi connectivity index (χ1) is 10.2. The molecule has 3 aromatic carbocycles. The maximum atomic E-state index is 6.27. The Labute approximate surface area is 130 Å². The number of rotatable bonds is 3. The lowest BCUT2D eigenvalue weighted by atomic mass is 9.96. The Kier molecular flexibility index (Phi) is 3.96. The summed E-state index contributed by atoms with van der Waals surface area (Å²) in [6.45, 7) is 2.02. The van der Waals surface area contributed by atoms with Gasteiger partial charge in [-0.3, -0.25) is 0 Å². The van der Waals surface area contributed by atoms with Crippen molar-refractivity contribution in [3.63, 3.8) is 0 Å². The number of hydrogen-bond acceptors (Lipinski definition) is 1. The fourth-order valence-electron chi connectivity index (χ4n) is 2.70. The van der Waals surface area contributed by atoms with E-state index in [1.165, 1.54) is 21.9 Å². The quantitative estimate of drug-likeness (QED) is 0.708. The Bertz CT molecular complexity index is 779. The van der Waals surface area contributed by atoms with Crippen LogP contribution in [-0.4, -0.2) is 7.05 Å². The van der Waals surface area contributed by atoms with Crippen LogP contribution < -0.4 is 5.32 Å². The van der Waals surface area contributed by atoms with Crippen LogP contribution in [-0.2, 0) is 0 Å². The van der Waals surface area contributed by atoms with Gasteiger partial charge >= 0.3 is 0 Å². The molecule has 0 amide bonds. The van der Waals surface area contributed by atoms with Crippen molar-refractivity contribution in [3.8, 4) is 0 Å². The number of fused-ring (bicyclic) bond motifs is 1. The van der Waals surface area contributed by atoms with E-state index in [9.17, 15) is 0 Å². The molecule has 3 rings (SSSR count). The van der Waals surface area contributed by atoms with Crippen molar-refractivity contribution < 1.29 is 0 Å². The third-order valence-electron chi connectivity index (χ3n) is 3.92. The summed E-state index contributed by atoms with van der Waals surface area (Å²) in [6, 6.07) is 21.4. The van der Waals surface area contributed by atoms with Crippen LogP contribution >= 0.6 is 11.6 Å². The van der Waals surface area contributed by atoms with Gasteiger partial charge in [0.15, 0.2) is 0 Å². The maximum Gasteiger partial charge on any atom is 0.0575 e. The molecule has 0 fully saturated rings. The highest BCUT2D eigenvalue weighted by Crippen LogP contribution is 2.28. The molecule has 0 aliphatic carbocycles. The fraction of sp³-hybridized carbons (Fsp3) is 0.158. The SMILES string of the molecule is CNC(c1ccc(C)c(Cl)c1)c1ccc2ccccc2c1. The van der Waals surface area contributed by atoms with E-state index in [0.29, 0.717) is 0 Å². The number of benzene rings is 3. The van der Waals surface area contributed by atoms with Crippen molar-refractivity contribution >= 4 is 22.4 Å². The molecule has 3 aromatic rings. The lowest BCUT2D eigenvalue weighted by molar-refractivity contribution is 0.692. The van der Waals surface area contributed by atoms with Crippen LogP contribution in [0.25, 0.3) is 10.8 Å². The Morgan fingerprint density at radius 1 is 0.857 bits per heavy atom. The normalized spacial score (nSPS) is 12.5. The van der Waals surface area contributed by atoms with Crippen molar-refractivity contribution in [2.45, 2.75) is 13.0 Å². The molecule has 0 saturated carbocycles. The summed E-state index contributed by atoms with van der Waals surface area (Å²) in [4.78, 5) is 0. The summed E-state index contributed by atoms with van der Waals surface area (Å²) < 4.78 is 0. The zero-order valence-corrected chi connectivity index (χ0v) is 13.0. The first-order valence-corrected chi connectivity index (χ1v) is 7.49. The van der Waals surface area contributed by atoms with Gasteiger partial charge in [-0.2, -0.15) is 0 Å². The van der Waals surface area contributed by atoms with Crippen LogP contribution in [0.3, 0.4) is 0 Å². The van der Waals surface area contributed by atoms with Crippen LogP contribution in [0.1, 0.15) is 22.7 Å². The van der Waals surface area contributed by atoms with E-state index in [-0.39, 0.29) is 6.04 Å². The Morgan fingerprint density at radius 3 is 2.24 bits per heavy atom. The summed E-state index contributed by atoms with van der Waals surface area (Å²) in [7, 11) is 1.98. The average Bonchev–Trinajstić information content (AvgIpc) is 2.51. The van der Waals surface area contributed by atoms with Crippen LogP contribution in [0.2, 0.25) is 5.02 Å². The molecule has 0 saturated heterocycles. The molecular weight excluding hydrogens is 278 g/mol. The summed E-state index contributed by atoms with van der Waals surface area (Å²) >= 11 is 6.27. The molecule has 0 aliphatic heterocycles. The van der Waals surface area contributed by atoms with Gasteiger partial charge in [-0.15, -0.1) is 0 Å². The van der Waals surface area contributed by atoms with Gasteiger partial charge in [0, 0.05) is 5.02 Å². The minimum atomic E-state index is 0.146. The Balaban J connectivity index is 2.06. The topological polar surface area (TPSA) is 12.0 Å². The molecule has 1 N–H and O–H groups in total. The molecule has 0 heterocycles. The number of hydrogen-bond donors (Lipinski definition) is 1. The van der Waals surface area contributed by atoms with Crippen molar-refractivity contribution in [2.75, 3.05) is 7.05 Å². The van der Waals surface area contributed by atoms with Gasteiger partial charge in [0.2, 0.25) is 0 Å². The van der Waals surface area contributed by atoms with Crippen molar-refractivity contribution in [1.82, 2.24) is 5.32 Å². The monoisotopic (exact) mass is 295 g/mol. The molecule has 0 bridgehead atoms. The lowest BCUT2D eigenvalue weighted by Crippen LogP contribution is -2.17. The third kappa shape index (κ3) is 2.80. The van der Waals surface area contributed by atoms with Gasteiger partial charge in [0.05, 0.1) is 6.04 Å². The van der Waals surface area contributed by atoms with Crippen molar-refractivity contribution in [3.05, 3.63) is 82.4 Å². The third-order valence-corrected chi connectivity index (χ3v) is 4.33. The largest absolute Gasteiger partial charge is 0.309 e. The summed E-state index contributed by atoms with van der Waals surface area (Å²) in [6.07, 6.45) is 0. The molecule has 0 aromatic heterocycles. The molecule has 21 heavy (non-hydrogen) atoms. The zero-order chi connectivity index (χ0) is 14.8. The zero-order valence-electron chi connectivity index (χ0n) is 12.2. The smallest absolute Gasteiger partial charge is 0.0575 e. The standard InChI is InChI=1S/C19H18ClN/c1-13-7-8-17(12-18(13)20)19(21-2)16-10-9-14-5-3-4-6-15(14)11-16/h3-12,19,21H,1-2H3. The van der Waals surface area contributed by atoms with Gasteiger partial charge in [-0.1, -0.05) is 60.1 Å². The Morgan fingerprint density at radius 2 is 1.52 bits per heavy atom. The van der Waals surface area contributed by atoms with E-state index in [2.05, 4.69) is 59.9 Å². The van der Waals surface area contributed by atoms with Crippen molar-refractivity contribution in [2.24, 2.45) is 0 Å². The van der Waals surface area contributed by atoms with Gasteiger partial charge in [0.25, 0.3) is 0 Å². The van der Waals surface area contributed by atoms with E-state index < -0.39 is 0 Å². The highest BCUT2D eigenvalue weighted by atomic mass is 35.5. The highest BCUT2D eigenvalue weighted by Gasteiger charge is 2.13. The van der Waals surface area contributed by atoms with Crippen LogP contribution in [0, 0.1) is 6.92 Å².